The minimum Gasteiger partial charge on any atom is -0.368 e. The van der Waals surface area contributed by atoms with Crippen molar-refractivity contribution in [2.24, 2.45) is 17.5 Å². The molecule has 6 nitrogen and oxygen atoms in total. The number of primary amides is 1. The fourth-order valence-electron chi connectivity index (χ4n) is 1.76. The molecule has 0 aliphatic carbocycles. The third-order valence-electron chi connectivity index (χ3n) is 2.83. The molecule has 1 atom stereocenters. The summed E-state index contributed by atoms with van der Waals surface area (Å²) in [5.41, 5.74) is 9.59. The van der Waals surface area contributed by atoms with E-state index in [2.05, 4.69) is 10.7 Å². The number of hydrogen-bond acceptors (Lipinski definition) is 4. The Balaban J connectivity index is 2.97. The third-order valence-corrected chi connectivity index (χ3v) is 2.83. The largest absolute Gasteiger partial charge is 0.368 e. The van der Waals surface area contributed by atoms with Crippen LogP contribution in [0.5, 0.6) is 0 Å². The van der Waals surface area contributed by atoms with Crippen LogP contribution in [0, 0.1) is 12.8 Å². The summed E-state index contributed by atoms with van der Waals surface area (Å²) in [7, 11) is 0. The Labute approximate surface area is 112 Å². The number of carbonyl (C=O) groups excluding carboxylic acids is 2. The van der Waals surface area contributed by atoms with Crippen LogP contribution in [0.3, 0.4) is 0 Å². The SMILES string of the molecule is Cc1ccc(C(=O)NC(C(N)=O)C(C)C)c(NN)c1. The third kappa shape index (κ3) is 3.69. The normalized spacial score (nSPS) is 12.1. The molecule has 0 aliphatic rings. The standard InChI is InChI=1S/C13H20N4O2/c1-7(2)11(12(14)18)16-13(19)9-5-4-8(3)6-10(9)17-15/h4-7,11,17H,15H2,1-3H3,(H2,14,18)(H,16,19). The minimum absolute atomic E-state index is 0.0822. The molecule has 1 aromatic carbocycles. The maximum absolute atomic E-state index is 12.1. The van der Waals surface area contributed by atoms with Gasteiger partial charge in [-0.1, -0.05) is 19.9 Å². The van der Waals surface area contributed by atoms with Gasteiger partial charge in [0.2, 0.25) is 5.91 Å². The fourth-order valence-corrected chi connectivity index (χ4v) is 1.76. The maximum atomic E-state index is 12.1. The zero-order valence-corrected chi connectivity index (χ0v) is 11.4. The lowest BCUT2D eigenvalue weighted by atomic mass is 10.0. The van der Waals surface area contributed by atoms with Crippen molar-refractivity contribution in [3.05, 3.63) is 29.3 Å². The van der Waals surface area contributed by atoms with E-state index < -0.39 is 11.9 Å². The maximum Gasteiger partial charge on any atom is 0.254 e. The summed E-state index contributed by atoms with van der Waals surface area (Å²) in [6.45, 7) is 5.52. The minimum atomic E-state index is -0.709. The van der Waals surface area contributed by atoms with Gasteiger partial charge in [-0.25, -0.2) is 0 Å². The average molecular weight is 264 g/mol. The zero-order chi connectivity index (χ0) is 14.6. The Kier molecular flexibility index (Phi) is 4.88. The van der Waals surface area contributed by atoms with Crippen LogP contribution >= 0.6 is 0 Å². The van der Waals surface area contributed by atoms with Crippen molar-refractivity contribution >= 4 is 17.5 Å². The molecule has 0 bridgehead atoms. The van der Waals surface area contributed by atoms with Gasteiger partial charge in [-0.2, -0.15) is 0 Å². The van der Waals surface area contributed by atoms with Gasteiger partial charge in [-0.3, -0.25) is 15.4 Å². The van der Waals surface area contributed by atoms with Crippen molar-refractivity contribution in [1.82, 2.24) is 5.32 Å². The van der Waals surface area contributed by atoms with Gasteiger partial charge in [-0.05, 0) is 30.5 Å². The molecule has 2 amide bonds. The van der Waals surface area contributed by atoms with Gasteiger partial charge in [-0.15, -0.1) is 0 Å². The van der Waals surface area contributed by atoms with Crippen LogP contribution in [0.1, 0.15) is 29.8 Å². The van der Waals surface area contributed by atoms with Crippen LogP contribution in [0.25, 0.3) is 0 Å². The van der Waals surface area contributed by atoms with E-state index in [0.29, 0.717) is 11.3 Å². The molecule has 6 N–H and O–H groups in total. The Morgan fingerprint density at radius 3 is 2.37 bits per heavy atom. The van der Waals surface area contributed by atoms with Crippen molar-refractivity contribution in [3.8, 4) is 0 Å². The first-order chi connectivity index (χ1) is 8.86. The first-order valence-electron chi connectivity index (χ1n) is 6.04. The van der Waals surface area contributed by atoms with E-state index in [1.54, 1.807) is 18.2 Å². The molecule has 0 saturated carbocycles. The Morgan fingerprint density at radius 1 is 1.26 bits per heavy atom. The molecule has 0 aliphatic heterocycles. The van der Waals surface area contributed by atoms with E-state index in [1.807, 2.05) is 20.8 Å². The molecule has 1 rings (SSSR count). The molecular weight excluding hydrogens is 244 g/mol. The lowest BCUT2D eigenvalue weighted by molar-refractivity contribution is -0.120. The summed E-state index contributed by atoms with van der Waals surface area (Å²) in [5, 5.41) is 2.62. The quantitative estimate of drug-likeness (QED) is 0.459. The monoisotopic (exact) mass is 264 g/mol. The summed E-state index contributed by atoms with van der Waals surface area (Å²) in [5.74, 6) is 4.36. The molecule has 6 heteroatoms. The molecule has 1 unspecified atom stereocenters. The Bertz CT molecular complexity index is 486. The number of aryl methyl sites for hydroxylation is 1. The number of hydrogen-bond donors (Lipinski definition) is 4. The van der Waals surface area contributed by atoms with Crippen LogP contribution in [0.2, 0.25) is 0 Å². The van der Waals surface area contributed by atoms with Crippen molar-refractivity contribution in [2.75, 3.05) is 5.43 Å². The number of nitrogens with two attached hydrogens (primary N) is 2. The van der Waals surface area contributed by atoms with E-state index in [-0.39, 0.29) is 11.8 Å². The van der Waals surface area contributed by atoms with Gasteiger partial charge in [0.1, 0.15) is 6.04 Å². The van der Waals surface area contributed by atoms with Gasteiger partial charge in [0, 0.05) is 0 Å². The highest BCUT2D eigenvalue weighted by molar-refractivity contribution is 6.01. The summed E-state index contributed by atoms with van der Waals surface area (Å²) in [6, 6.07) is 4.49. The number of amides is 2. The molecule has 0 aromatic heterocycles. The topological polar surface area (TPSA) is 110 Å². The van der Waals surface area contributed by atoms with Gasteiger partial charge in [0.15, 0.2) is 0 Å². The van der Waals surface area contributed by atoms with Crippen LogP contribution in [-0.2, 0) is 4.79 Å². The Hall–Kier alpha value is -2.08. The number of carbonyl (C=O) groups is 2. The second-order valence-corrected chi connectivity index (χ2v) is 4.79. The molecule has 0 radical (unpaired) electrons. The Morgan fingerprint density at radius 2 is 1.89 bits per heavy atom. The van der Waals surface area contributed by atoms with Crippen molar-refractivity contribution in [3.63, 3.8) is 0 Å². The second kappa shape index (κ2) is 6.19. The highest BCUT2D eigenvalue weighted by atomic mass is 16.2. The van der Waals surface area contributed by atoms with E-state index in [1.165, 1.54) is 0 Å². The molecular formula is C13H20N4O2. The number of anilines is 1. The summed E-state index contributed by atoms with van der Waals surface area (Å²) >= 11 is 0. The predicted molar refractivity (Wildman–Crippen MR) is 74.3 cm³/mol. The van der Waals surface area contributed by atoms with E-state index in [9.17, 15) is 9.59 Å². The number of hydrazine groups is 1. The number of nitrogen functional groups attached to an aromatic ring is 1. The molecule has 19 heavy (non-hydrogen) atoms. The van der Waals surface area contributed by atoms with Crippen molar-refractivity contribution in [2.45, 2.75) is 26.8 Å². The smallest absolute Gasteiger partial charge is 0.254 e. The van der Waals surface area contributed by atoms with Gasteiger partial charge >= 0.3 is 0 Å². The molecule has 104 valence electrons. The molecule has 0 heterocycles. The van der Waals surface area contributed by atoms with Gasteiger partial charge < -0.3 is 16.5 Å². The van der Waals surface area contributed by atoms with Crippen molar-refractivity contribution < 1.29 is 9.59 Å². The van der Waals surface area contributed by atoms with Crippen LogP contribution in [0.15, 0.2) is 18.2 Å². The number of nitrogens with one attached hydrogen (secondary N) is 2. The number of benzene rings is 1. The summed E-state index contributed by atoms with van der Waals surface area (Å²) < 4.78 is 0. The first-order valence-corrected chi connectivity index (χ1v) is 6.04. The van der Waals surface area contributed by atoms with Crippen LogP contribution in [-0.4, -0.2) is 17.9 Å². The fraction of sp³-hybridized carbons (Fsp3) is 0.385. The molecule has 0 fully saturated rings. The number of rotatable bonds is 5. The van der Waals surface area contributed by atoms with E-state index in [0.717, 1.165) is 5.56 Å². The van der Waals surface area contributed by atoms with Crippen LogP contribution in [0.4, 0.5) is 5.69 Å². The summed E-state index contributed by atoms with van der Waals surface area (Å²) in [4.78, 5) is 23.4. The van der Waals surface area contributed by atoms with Crippen molar-refractivity contribution in [1.29, 1.82) is 0 Å². The average Bonchev–Trinajstić information content (AvgIpc) is 2.34. The zero-order valence-electron chi connectivity index (χ0n) is 11.4. The van der Waals surface area contributed by atoms with Gasteiger partial charge in [0.25, 0.3) is 5.91 Å². The highest BCUT2D eigenvalue weighted by Crippen LogP contribution is 2.17. The lowest BCUT2D eigenvalue weighted by Gasteiger charge is -2.20. The molecule has 1 aromatic rings. The highest BCUT2D eigenvalue weighted by Gasteiger charge is 2.23. The molecule has 0 saturated heterocycles. The van der Waals surface area contributed by atoms with E-state index >= 15 is 0 Å². The lowest BCUT2D eigenvalue weighted by Crippen LogP contribution is -2.47. The molecule has 0 spiro atoms. The van der Waals surface area contributed by atoms with Gasteiger partial charge in [0.05, 0.1) is 11.3 Å². The van der Waals surface area contributed by atoms with Crippen LogP contribution < -0.4 is 22.3 Å². The van der Waals surface area contributed by atoms with E-state index in [4.69, 9.17) is 11.6 Å². The first kappa shape index (κ1) is 15.0. The predicted octanol–water partition coefficient (Wildman–Crippen LogP) is 0.520. The summed E-state index contributed by atoms with van der Waals surface area (Å²) in [6.07, 6.45) is 0. The second-order valence-electron chi connectivity index (χ2n) is 4.79.